The predicted octanol–water partition coefficient (Wildman–Crippen LogP) is 3.02. The molecular weight excluding hydrogens is 484 g/mol. The molecule has 5 rings (SSSR count). The quantitative estimate of drug-likeness (QED) is 0.605. The van der Waals surface area contributed by atoms with Crippen molar-refractivity contribution in [3.05, 3.63) is 59.7 Å². The van der Waals surface area contributed by atoms with E-state index in [2.05, 4.69) is 10.6 Å². The molecule has 2 aromatic carbocycles. The number of carbonyl (C=O) groups excluding carboxylic acids is 4. The Labute approximate surface area is 222 Å². The molecule has 200 valence electrons. The fourth-order valence-corrected chi connectivity index (χ4v) is 5.64. The van der Waals surface area contributed by atoms with E-state index in [1.165, 1.54) is 4.90 Å². The van der Waals surface area contributed by atoms with E-state index >= 15 is 0 Å². The number of imide groups is 1. The topological polar surface area (TPSA) is 108 Å². The molecule has 1 unspecified atom stereocenters. The van der Waals surface area contributed by atoms with Crippen molar-refractivity contribution in [3.63, 3.8) is 0 Å². The Bertz CT molecular complexity index is 1240. The molecule has 9 nitrogen and oxygen atoms in total. The minimum absolute atomic E-state index is 0.000219. The summed E-state index contributed by atoms with van der Waals surface area (Å²) in [5.41, 5.74) is 1.43. The number of hydrogen-bond acceptors (Lipinski definition) is 5. The van der Waals surface area contributed by atoms with Gasteiger partial charge in [-0.3, -0.25) is 19.3 Å². The van der Waals surface area contributed by atoms with E-state index in [9.17, 15) is 19.2 Å². The second kappa shape index (κ2) is 10.8. The highest BCUT2D eigenvalue weighted by molar-refractivity contribution is 6.05. The number of piperidine rings is 1. The maximum atomic E-state index is 13.6. The highest BCUT2D eigenvalue weighted by atomic mass is 16.5. The van der Waals surface area contributed by atoms with E-state index in [0.717, 1.165) is 22.6 Å². The minimum Gasteiger partial charge on any atom is -0.457 e. The van der Waals surface area contributed by atoms with Crippen molar-refractivity contribution in [1.82, 2.24) is 20.4 Å². The first-order valence-electron chi connectivity index (χ1n) is 13.4. The number of nitrogens with one attached hydrogen (secondary N) is 2. The summed E-state index contributed by atoms with van der Waals surface area (Å²) in [4.78, 5) is 54.2. The van der Waals surface area contributed by atoms with Crippen LogP contribution in [0, 0.1) is 5.41 Å². The normalized spacial score (nSPS) is 21.1. The second-order valence-corrected chi connectivity index (χ2v) is 10.4. The van der Waals surface area contributed by atoms with Gasteiger partial charge in [0.25, 0.3) is 5.91 Å². The number of rotatable bonds is 4. The third-order valence-electron chi connectivity index (χ3n) is 7.76. The molecule has 9 heteroatoms. The minimum atomic E-state index is -0.827. The number of nitrogens with zero attached hydrogens (tertiary/aromatic N) is 2. The highest BCUT2D eigenvalue weighted by Crippen LogP contribution is 2.37. The Hall–Kier alpha value is -3.88. The van der Waals surface area contributed by atoms with Gasteiger partial charge in [-0.05, 0) is 67.5 Å². The van der Waals surface area contributed by atoms with Gasteiger partial charge in [-0.2, -0.15) is 0 Å². The van der Waals surface area contributed by atoms with Crippen molar-refractivity contribution in [3.8, 4) is 11.5 Å². The van der Waals surface area contributed by atoms with Crippen molar-refractivity contribution < 1.29 is 23.9 Å². The Morgan fingerprint density at radius 3 is 2.42 bits per heavy atom. The highest BCUT2D eigenvalue weighted by Gasteiger charge is 2.44. The molecule has 3 aliphatic rings. The van der Waals surface area contributed by atoms with E-state index < -0.39 is 17.5 Å². The largest absolute Gasteiger partial charge is 0.457 e. The van der Waals surface area contributed by atoms with Crippen LogP contribution in [-0.2, 0) is 27.2 Å². The maximum Gasteiger partial charge on any atom is 0.324 e. The molecule has 38 heavy (non-hydrogen) atoms. The van der Waals surface area contributed by atoms with Crippen LogP contribution in [0.3, 0.4) is 0 Å². The van der Waals surface area contributed by atoms with Gasteiger partial charge >= 0.3 is 6.03 Å². The summed E-state index contributed by atoms with van der Waals surface area (Å²) in [5, 5.41) is 5.78. The first-order chi connectivity index (χ1) is 18.4. The standard InChI is InChI=1S/C29H34N4O5/c1-2-13-33-26(35)24(31-28(33)37)18-25(34)32-14-10-29(11-15-32)19-21-6-4-8-23(17-21)38-22-7-3-5-20(16-22)9-12-30-27(29)36/h3-8,16-17,24H,2,9-15,18-19H2,1H3,(H,30,36)(H,31,37). The molecule has 1 spiro atoms. The fraction of sp³-hybridized carbons (Fsp3) is 0.448. The second-order valence-electron chi connectivity index (χ2n) is 10.4. The van der Waals surface area contributed by atoms with E-state index in [0.29, 0.717) is 58.3 Å². The summed E-state index contributed by atoms with van der Waals surface area (Å²) in [5.74, 6) is 0.959. The average Bonchev–Trinajstić information content (AvgIpc) is 3.16. The number of urea groups is 1. The zero-order valence-corrected chi connectivity index (χ0v) is 21.7. The van der Waals surface area contributed by atoms with Crippen molar-refractivity contribution in [2.24, 2.45) is 5.41 Å². The summed E-state index contributed by atoms with van der Waals surface area (Å²) in [6, 6.07) is 14.5. The third kappa shape index (κ3) is 5.37. The molecule has 0 aromatic heterocycles. The Morgan fingerprint density at radius 1 is 1.03 bits per heavy atom. The lowest BCUT2D eigenvalue weighted by molar-refractivity contribution is -0.141. The number of carbonyl (C=O) groups is 4. The number of amides is 5. The summed E-state index contributed by atoms with van der Waals surface area (Å²) < 4.78 is 6.11. The third-order valence-corrected chi connectivity index (χ3v) is 7.76. The molecule has 2 aromatic rings. The summed E-state index contributed by atoms with van der Waals surface area (Å²) in [7, 11) is 0. The Kier molecular flexibility index (Phi) is 7.35. The maximum absolute atomic E-state index is 13.6. The van der Waals surface area contributed by atoms with Crippen LogP contribution in [0.25, 0.3) is 0 Å². The molecule has 0 saturated carbocycles. The molecular formula is C29H34N4O5. The van der Waals surface area contributed by atoms with Gasteiger partial charge in [0.1, 0.15) is 17.5 Å². The van der Waals surface area contributed by atoms with Crippen LogP contribution in [0.5, 0.6) is 11.5 Å². The van der Waals surface area contributed by atoms with Crippen molar-refractivity contribution in [2.75, 3.05) is 26.2 Å². The van der Waals surface area contributed by atoms with Gasteiger partial charge in [-0.15, -0.1) is 0 Å². The number of benzene rings is 2. The molecule has 4 bridgehead atoms. The Morgan fingerprint density at radius 2 is 1.71 bits per heavy atom. The van der Waals surface area contributed by atoms with E-state index in [-0.39, 0.29) is 24.1 Å². The van der Waals surface area contributed by atoms with E-state index in [1.54, 1.807) is 4.90 Å². The van der Waals surface area contributed by atoms with Crippen LogP contribution in [0.1, 0.15) is 43.7 Å². The van der Waals surface area contributed by atoms with E-state index in [1.807, 2.05) is 55.5 Å². The van der Waals surface area contributed by atoms with Gasteiger partial charge in [0, 0.05) is 26.2 Å². The van der Waals surface area contributed by atoms with Crippen LogP contribution in [0.15, 0.2) is 48.5 Å². The lowest BCUT2D eigenvalue weighted by Gasteiger charge is -2.41. The van der Waals surface area contributed by atoms with Gasteiger partial charge < -0.3 is 20.3 Å². The summed E-state index contributed by atoms with van der Waals surface area (Å²) >= 11 is 0. The first kappa shape index (κ1) is 25.8. The van der Waals surface area contributed by atoms with Crippen LogP contribution in [0.4, 0.5) is 4.79 Å². The molecule has 0 radical (unpaired) electrons. The Balaban J connectivity index is 1.29. The average molecular weight is 519 g/mol. The van der Waals surface area contributed by atoms with Crippen LogP contribution in [-0.4, -0.2) is 65.8 Å². The van der Waals surface area contributed by atoms with Gasteiger partial charge in [-0.25, -0.2) is 4.79 Å². The van der Waals surface area contributed by atoms with Crippen LogP contribution < -0.4 is 15.4 Å². The number of hydrogen-bond donors (Lipinski definition) is 2. The molecule has 2 fully saturated rings. The zero-order valence-electron chi connectivity index (χ0n) is 21.7. The lowest BCUT2D eigenvalue weighted by atomic mass is 9.72. The fourth-order valence-electron chi connectivity index (χ4n) is 5.64. The molecule has 3 heterocycles. The van der Waals surface area contributed by atoms with Crippen molar-refractivity contribution in [2.45, 2.75) is 51.5 Å². The zero-order chi connectivity index (χ0) is 26.7. The van der Waals surface area contributed by atoms with Gasteiger partial charge in [-0.1, -0.05) is 31.2 Å². The molecule has 0 aliphatic carbocycles. The number of fused-ring (bicyclic) bond motifs is 4. The smallest absolute Gasteiger partial charge is 0.324 e. The summed E-state index contributed by atoms with van der Waals surface area (Å²) in [6.07, 6.45) is 2.85. The number of likely N-dealkylation sites (tertiary alicyclic amines) is 1. The van der Waals surface area contributed by atoms with Gasteiger partial charge in [0.05, 0.1) is 11.8 Å². The van der Waals surface area contributed by atoms with Crippen molar-refractivity contribution in [1.29, 1.82) is 0 Å². The van der Waals surface area contributed by atoms with Gasteiger partial charge in [0.15, 0.2) is 0 Å². The molecule has 2 N–H and O–H groups in total. The van der Waals surface area contributed by atoms with Crippen molar-refractivity contribution >= 4 is 23.8 Å². The molecule has 5 amide bonds. The van der Waals surface area contributed by atoms with Crippen LogP contribution >= 0.6 is 0 Å². The first-order valence-corrected chi connectivity index (χ1v) is 13.4. The van der Waals surface area contributed by atoms with E-state index in [4.69, 9.17) is 4.74 Å². The molecule has 2 saturated heterocycles. The molecule has 3 aliphatic heterocycles. The monoisotopic (exact) mass is 518 g/mol. The lowest BCUT2D eigenvalue weighted by Crippen LogP contribution is -2.52. The van der Waals surface area contributed by atoms with Crippen LogP contribution in [0.2, 0.25) is 0 Å². The predicted molar refractivity (Wildman–Crippen MR) is 141 cm³/mol. The number of ether oxygens (including phenoxy) is 1. The van der Waals surface area contributed by atoms with Gasteiger partial charge in [0.2, 0.25) is 11.8 Å². The SMILES string of the molecule is CCCN1C(=O)NC(CC(=O)N2CCC3(CC2)Cc2cccc(c2)Oc2cccc(c2)CCNC3=O)C1=O. The summed E-state index contributed by atoms with van der Waals surface area (Å²) in [6.45, 7) is 3.58. The molecule has 1 atom stereocenters.